The number of hydrogen-bond acceptors (Lipinski definition) is 7. The summed E-state index contributed by atoms with van der Waals surface area (Å²) in [4.78, 5) is 43.3. The lowest BCUT2D eigenvalue weighted by atomic mass is 10.1. The number of carbonyl (C=O) groups is 3. The molecule has 0 aromatic heterocycles. The zero-order valence-corrected chi connectivity index (χ0v) is 14.0. The third-order valence-corrected chi connectivity index (χ3v) is 4.02. The van der Waals surface area contributed by atoms with Crippen LogP contribution >= 0.6 is 0 Å². The number of imide groups is 1. The number of carbonyl (C=O) groups excluding carboxylic acids is 3. The highest BCUT2D eigenvalue weighted by molar-refractivity contribution is 6.23. The molecule has 3 aliphatic heterocycles. The molecule has 0 radical (unpaired) electrons. The van der Waals surface area contributed by atoms with Gasteiger partial charge in [-0.15, -0.1) is 10.1 Å². The van der Waals surface area contributed by atoms with Gasteiger partial charge in [-0.05, 0) is 13.8 Å². The largest absolute Gasteiger partial charge is 0.464 e. The number of rotatable bonds is 3. The normalized spacial score (nSPS) is 23.2. The van der Waals surface area contributed by atoms with Crippen molar-refractivity contribution < 1.29 is 23.7 Å². The smallest absolute Gasteiger partial charge is 0.417 e. The van der Waals surface area contributed by atoms with Crippen LogP contribution in [0.3, 0.4) is 0 Å². The lowest BCUT2D eigenvalue weighted by Crippen LogP contribution is -2.62. The number of fused-ring (bicyclic) bond motifs is 2. The molecule has 1 unspecified atom stereocenters. The van der Waals surface area contributed by atoms with Gasteiger partial charge in [-0.2, -0.15) is 0 Å². The van der Waals surface area contributed by atoms with Crippen LogP contribution in [0.15, 0.2) is 10.1 Å². The van der Waals surface area contributed by atoms with Crippen molar-refractivity contribution in [3.8, 4) is 0 Å². The lowest BCUT2D eigenvalue weighted by molar-refractivity contribution is -0.527. The summed E-state index contributed by atoms with van der Waals surface area (Å²) in [5.41, 5.74) is 0.731. The fourth-order valence-electron chi connectivity index (χ4n) is 2.92. The Kier molecular flexibility index (Phi) is 3.82. The van der Waals surface area contributed by atoms with E-state index in [1.54, 1.807) is 25.5 Å². The number of amidine groups is 1. The highest BCUT2D eigenvalue weighted by atomic mass is 16.5. The SMILES string of the molecule is CCOC(=O)CN1N=C(C)C[N+]2=C1N=C1C2C(=O)N(C)C(=O)N1C. The van der Waals surface area contributed by atoms with Crippen molar-refractivity contribution >= 4 is 35.4 Å². The molecule has 10 heteroatoms. The van der Waals surface area contributed by atoms with E-state index in [4.69, 9.17) is 4.74 Å². The molecule has 128 valence electrons. The zero-order valence-electron chi connectivity index (χ0n) is 14.0. The maximum absolute atomic E-state index is 12.5. The number of hydrogen-bond donors (Lipinski definition) is 0. The summed E-state index contributed by atoms with van der Waals surface area (Å²) in [5.74, 6) is -0.0715. The molecule has 0 aromatic rings. The van der Waals surface area contributed by atoms with Crippen LogP contribution in [-0.4, -0.2) is 94.6 Å². The van der Waals surface area contributed by atoms with Crippen LogP contribution in [-0.2, 0) is 14.3 Å². The Bertz CT molecular complexity index is 725. The highest BCUT2D eigenvalue weighted by Crippen LogP contribution is 2.21. The average Bonchev–Trinajstić information content (AvgIpc) is 2.90. The van der Waals surface area contributed by atoms with Crippen LogP contribution in [0.4, 0.5) is 4.79 Å². The number of hydrazone groups is 1. The Hall–Kier alpha value is -2.78. The summed E-state index contributed by atoms with van der Waals surface area (Å²) in [6.07, 6.45) is 0. The van der Waals surface area contributed by atoms with Crippen LogP contribution in [0.2, 0.25) is 0 Å². The standard InChI is InChI=1S/C14H19N6O4/c1-5-24-9(21)7-20-13-15-11-10(19(13)6-8(2)16-20)12(22)18(4)14(23)17(11)3/h10H,5-7H2,1-4H3/q+1. The number of urea groups is 1. The van der Waals surface area contributed by atoms with E-state index >= 15 is 0 Å². The van der Waals surface area contributed by atoms with Gasteiger partial charge in [-0.25, -0.2) is 14.2 Å². The lowest BCUT2D eigenvalue weighted by Gasteiger charge is -2.32. The van der Waals surface area contributed by atoms with E-state index in [-0.39, 0.29) is 19.1 Å². The van der Waals surface area contributed by atoms with Crippen molar-refractivity contribution in [1.29, 1.82) is 0 Å². The van der Waals surface area contributed by atoms with E-state index in [0.717, 1.165) is 10.6 Å². The minimum atomic E-state index is -0.692. The fraction of sp³-hybridized carbons (Fsp3) is 0.571. The Labute approximate surface area is 138 Å². The first-order valence-corrected chi connectivity index (χ1v) is 7.59. The molecule has 24 heavy (non-hydrogen) atoms. The first kappa shape index (κ1) is 16.1. The van der Waals surface area contributed by atoms with Crippen LogP contribution in [0, 0.1) is 0 Å². The molecule has 1 fully saturated rings. The summed E-state index contributed by atoms with van der Waals surface area (Å²) >= 11 is 0. The third kappa shape index (κ3) is 2.34. The summed E-state index contributed by atoms with van der Waals surface area (Å²) in [7, 11) is 3.01. The molecule has 3 aliphatic rings. The number of aliphatic imine (C=N–C) groups is 1. The minimum Gasteiger partial charge on any atom is -0.464 e. The number of likely N-dealkylation sites (N-methyl/N-ethyl adjacent to an activating group) is 2. The van der Waals surface area contributed by atoms with Crippen molar-refractivity contribution in [3.63, 3.8) is 0 Å². The second-order valence-electron chi connectivity index (χ2n) is 5.74. The van der Waals surface area contributed by atoms with E-state index in [9.17, 15) is 14.4 Å². The van der Waals surface area contributed by atoms with Crippen LogP contribution < -0.4 is 0 Å². The molecule has 3 amide bonds. The van der Waals surface area contributed by atoms with E-state index in [2.05, 4.69) is 10.1 Å². The third-order valence-electron chi connectivity index (χ3n) is 4.02. The molecule has 0 saturated carbocycles. The Morgan fingerprint density at radius 1 is 1.33 bits per heavy atom. The highest BCUT2D eigenvalue weighted by Gasteiger charge is 2.53. The quantitative estimate of drug-likeness (QED) is 0.482. The van der Waals surface area contributed by atoms with Gasteiger partial charge in [-0.1, -0.05) is 4.99 Å². The van der Waals surface area contributed by atoms with E-state index in [1.165, 1.54) is 17.0 Å². The Morgan fingerprint density at radius 2 is 2.04 bits per heavy atom. The second-order valence-corrected chi connectivity index (χ2v) is 5.74. The molecule has 10 nitrogen and oxygen atoms in total. The first-order valence-electron chi connectivity index (χ1n) is 7.59. The summed E-state index contributed by atoms with van der Waals surface area (Å²) in [6.45, 7) is 4.09. The van der Waals surface area contributed by atoms with Gasteiger partial charge in [0.2, 0.25) is 11.9 Å². The van der Waals surface area contributed by atoms with E-state index in [1.807, 2.05) is 0 Å². The van der Waals surface area contributed by atoms with Crippen molar-refractivity contribution in [2.45, 2.75) is 19.9 Å². The molecule has 0 N–H and O–H groups in total. The van der Waals surface area contributed by atoms with Gasteiger partial charge >= 0.3 is 18.0 Å². The second kappa shape index (κ2) is 5.69. The monoisotopic (exact) mass is 335 g/mol. The van der Waals surface area contributed by atoms with Gasteiger partial charge in [0, 0.05) is 14.1 Å². The molecule has 1 atom stereocenters. The maximum atomic E-state index is 12.5. The molecule has 3 rings (SSSR count). The number of guanidine groups is 1. The van der Waals surface area contributed by atoms with E-state index < -0.39 is 18.0 Å². The fourth-order valence-corrected chi connectivity index (χ4v) is 2.92. The average molecular weight is 335 g/mol. The predicted molar refractivity (Wildman–Crippen MR) is 83.7 cm³/mol. The van der Waals surface area contributed by atoms with Gasteiger partial charge in [0.15, 0.2) is 6.54 Å². The summed E-state index contributed by atoms with van der Waals surface area (Å²) < 4.78 is 6.70. The van der Waals surface area contributed by atoms with Crippen LogP contribution in [0.25, 0.3) is 0 Å². The maximum Gasteiger partial charge on any atom is 0.417 e. The molecule has 0 aromatic carbocycles. The minimum absolute atomic E-state index is 0.109. The number of esters is 1. The van der Waals surface area contributed by atoms with E-state index in [0.29, 0.717) is 18.3 Å². The molecule has 1 saturated heterocycles. The first-order chi connectivity index (χ1) is 11.3. The summed E-state index contributed by atoms with van der Waals surface area (Å²) in [5, 5.41) is 5.74. The molecular formula is C14H19N6O4+. The molecule has 0 bridgehead atoms. The number of amides is 3. The Balaban J connectivity index is 1.97. The predicted octanol–water partition coefficient (Wildman–Crippen LogP) is -1.09. The van der Waals surface area contributed by atoms with Gasteiger partial charge in [0.1, 0.15) is 6.54 Å². The zero-order chi connectivity index (χ0) is 17.6. The van der Waals surface area contributed by atoms with Crippen molar-refractivity contribution in [3.05, 3.63) is 0 Å². The van der Waals surface area contributed by atoms with Gasteiger partial charge in [0.25, 0.3) is 5.91 Å². The van der Waals surface area contributed by atoms with Gasteiger partial charge in [-0.3, -0.25) is 14.6 Å². The molecule has 3 heterocycles. The van der Waals surface area contributed by atoms with Crippen molar-refractivity contribution in [2.75, 3.05) is 33.8 Å². The van der Waals surface area contributed by atoms with Gasteiger partial charge in [0.05, 0.1) is 12.3 Å². The van der Waals surface area contributed by atoms with Gasteiger partial charge < -0.3 is 4.74 Å². The van der Waals surface area contributed by atoms with Crippen molar-refractivity contribution in [2.24, 2.45) is 10.1 Å². The van der Waals surface area contributed by atoms with Crippen LogP contribution in [0.5, 0.6) is 0 Å². The van der Waals surface area contributed by atoms with Crippen LogP contribution in [0.1, 0.15) is 13.8 Å². The molecular weight excluding hydrogens is 316 g/mol. The number of ether oxygens (including phenoxy) is 1. The molecule has 0 aliphatic carbocycles. The Morgan fingerprint density at radius 3 is 2.71 bits per heavy atom. The van der Waals surface area contributed by atoms with Crippen molar-refractivity contribution in [1.82, 2.24) is 14.8 Å². The molecule has 0 spiro atoms. The summed E-state index contributed by atoms with van der Waals surface area (Å²) in [6, 6.07) is -1.13. The number of nitrogens with zero attached hydrogens (tertiary/aromatic N) is 6. The topological polar surface area (TPSA) is 97.9 Å².